The second-order valence-electron chi connectivity index (χ2n) is 2.80. The molecule has 0 saturated heterocycles. The Labute approximate surface area is 80.1 Å². The van der Waals surface area contributed by atoms with Crippen molar-refractivity contribution in [1.29, 1.82) is 0 Å². The molecule has 1 heterocycles. The van der Waals surface area contributed by atoms with Gasteiger partial charge in [0.2, 0.25) is 5.91 Å². The number of hydrogen-bond donors (Lipinski definition) is 2. The van der Waals surface area contributed by atoms with Crippen LogP contribution in [0.5, 0.6) is 5.75 Å². The number of aromatic hydroxyl groups is 1. The van der Waals surface area contributed by atoms with Crippen LogP contribution in [0, 0.1) is 0 Å². The standard InChI is InChI=1S/C9H9NO2S/c11-7-3-1-2-6-9(7)13-5-4-8(12)10-6/h1-3,11H,4-5H2,(H,10,12). The molecule has 2 N–H and O–H groups in total. The SMILES string of the molecule is O=C1CCSc2c(O)cccc2N1. The van der Waals surface area contributed by atoms with Crippen molar-refractivity contribution in [2.75, 3.05) is 11.1 Å². The Morgan fingerprint density at radius 1 is 1.46 bits per heavy atom. The molecular formula is C9H9NO2S. The van der Waals surface area contributed by atoms with E-state index in [9.17, 15) is 9.90 Å². The Kier molecular flexibility index (Phi) is 2.14. The molecule has 0 atom stereocenters. The number of hydrogen-bond acceptors (Lipinski definition) is 3. The highest BCUT2D eigenvalue weighted by molar-refractivity contribution is 7.99. The minimum absolute atomic E-state index is 0.0110. The van der Waals surface area contributed by atoms with Crippen LogP contribution >= 0.6 is 11.8 Å². The molecule has 0 aromatic heterocycles. The van der Waals surface area contributed by atoms with Crippen molar-refractivity contribution in [3.05, 3.63) is 18.2 Å². The number of benzene rings is 1. The molecule has 2 rings (SSSR count). The van der Waals surface area contributed by atoms with Gasteiger partial charge in [0, 0.05) is 12.2 Å². The molecule has 0 unspecified atom stereocenters. The van der Waals surface area contributed by atoms with E-state index in [1.165, 1.54) is 11.8 Å². The van der Waals surface area contributed by atoms with Gasteiger partial charge in [-0.15, -0.1) is 11.8 Å². The number of nitrogens with one attached hydrogen (secondary N) is 1. The number of phenolic OH excluding ortho intramolecular Hbond substituents is 1. The minimum atomic E-state index is 0.0110. The molecule has 3 nitrogen and oxygen atoms in total. The largest absolute Gasteiger partial charge is 0.507 e. The van der Waals surface area contributed by atoms with Crippen LogP contribution in [0.1, 0.15) is 6.42 Å². The zero-order valence-corrected chi connectivity index (χ0v) is 7.73. The Bertz CT molecular complexity index is 351. The maximum atomic E-state index is 11.2. The molecule has 1 aliphatic rings. The zero-order valence-electron chi connectivity index (χ0n) is 6.91. The topological polar surface area (TPSA) is 49.3 Å². The molecule has 1 aliphatic heterocycles. The Hall–Kier alpha value is -1.16. The van der Waals surface area contributed by atoms with Gasteiger partial charge in [0.05, 0.1) is 10.6 Å². The highest BCUT2D eigenvalue weighted by Crippen LogP contribution is 2.37. The third-order valence-electron chi connectivity index (χ3n) is 1.84. The molecule has 1 amide bonds. The maximum absolute atomic E-state index is 11.2. The van der Waals surface area contributed by atoms with Crippen molar-refractivity contribution < 1.29 is 9.90 Å². The lowest BCUT2D eigenvalue weighted by atomic mass is 10.3. The molecule has 0 saturated carbocycles. The van der Waals surface area contributed by atoms with Gasteiger partial charge in [-0.3, -0.25) is 4.79 Å². The first-order chi connectivity index (χ1) is 6.27. The fourth-order valence-electron chi connectivity index (χ4n) is 1.23. The van der Waals surface area contributed by atoms with Crippen molar-refractivity contribution in [2.24, 2.45) is 0 Å². The molecule has 68 valence electrons. The second-order valence-corrected chi connectivity index (χ2v) is 3.91. The van der Waals surface area contributed by atoms with E-state index in [-0.39, 0.29) is 11.7 Å². The van der Waals surface area contributed by atoms with Gasteiger partial charge < -0.3 is 10.4 Å². The van der Waals surface area contributed by atoms with E-state index in [2.05, 4.69) is 5.32 Å². The van der Waals surface area contributed by atoms with E-state index in [1.807, 2.05) is 0 Å². The van der Waals surface area contributed by atoms with Gasteiger partial charge in [-0.25, -0.2) is 0 Å². The summed E-state index contributed by atoms with van der Waals surface area (Å²) < 4.78 is 0. The third-order valence-corrected chi connectivity index (χ3v) is 2.97. The Morgan fingerprint density at radius 3 is 3.15 bits per heavy atom. The highest BCUT2D eigenvalue weighted by Gasteiger charge is 2.15. The molecule has 4 heteroatoms. The van der Waals surface area contributed by atoms with Gasteiger partial charge in [-0.2, -0.15) is 0 Å². The van der Waals surface area contributed by atoms with Crippen molar-refractivity contribution >= 4 is 23.4 Å². The normalized spacial score (nSPS) is 15.8. The maximum Gasteiger partial charge on any atom is 0.225 e. The fourth-order valence-corrected chi connectivity index (χ4v) is 2.22. The molecular weight excluding hydrogens is 186 g/mol. The summed E-state index contributed by atoms with van der Waals surface area (Å²) >= 11 is 1.51. The Morgan fingerprint density at radius 2 is 2.31 bits per heavy atom. The van der Waals surface area contributed by atoms with Crippen molar-refractivity contribution in [3.8, 4) is 5.75 Å². The summed E-state index contributed by atoms with van der Waals surface area (Å²) in [7, 11) is 0. The van der Waals surface area contributed by atoms with Crippen molar-refractivity contribution in [3.63, 3.8) is 0 Å². The number of amides is 1. The fraction of sp³-hybridized carbons (Fsp3) is 0.222. The monoisotopic (exact) mass is 195 g/mol. The first-order valence-corrected chi connectivity index (χ1v) is 5.00. The van der Waals surface area contributed by atoms with E-state index < -0.39 is 0 Å². The van der Waals surface area contributed by atoms with Crippen LogP contribution in [0.2, 0.25) is 0 Å². The lowest BCUT2D eigenvalue weighted by Gasteiger charge is -2.06. The third kappa shape index (κ3) is 1.62. The highest BCUT2D eigenvalue weighted by atomic mass is 32.2. The number of rotatable bonds is 0. The lowest BCUT2D eigenvalue weighted by Crippen LogP contribution is -2.09. The average molecular weight is 195 g/mol. The zero-order chi connectivity index (χ0) is 9.26. The summed E-state index contributed by atoms with van der Waals surface area (Å²) in [5, 5.41) is 12.2. The summed E-state index contributed by atoms with van der Waals surface area (Å²) in [6.07, 6.45) is 0.499. The Balaban J connectivity index is 2.45. The number of carbonyl (C=O) groups is 1. The van der Waals surface area contributed by atoms with Gasteiger partial charge in [-0.1, -0.05) is 6.07 Å². The van der Waals surface area contributed by atoms with Gasteiger partial charge in [-0.05, 0) is 12.1 Å². The predicted octanol–water partition coefficient (Wildman–Crippen LogP) is 1.83. The second kappa shape index (κ2) is 3.30. The summed E-state index contributed by atoms with van der Waals surface area (Å²) in [6, 6.07) is 5.15. The summed E-state index contributed by atoms with van der Waals surface area (Å²) in [5.74, 6) is 0.970. The van der Waals surface area contributed by atoms with E-state index in [4.69, 9.17) is 0 Å². The number of carbonyl (C=O) groups excluding carboxylic acids is 1. The molecule has 0 fully saturated rings. The molecule has 0 bridgehead atoms. The summed E-state index contributed by atoms with van der Waals surface area (Å²) in [4.78, 5) is 11.9. The lowest BCUT2D eigenvalue weighted by molar-refractivity contribution is -0.115. The molecule has 0 aliphatic carbocycles. The van der Waals surface area contributed by atoms with Crippen LogP contribution in [0.15, 0.2) is 23.1 Å². The molecule has 1 aromatic rings. The van der Waals surface area contributed by atoms with Gasteiger partial charge in [0.1, 0.15) is 5.75 Å². The van der Waals surface area contributed by atoms with Crippen LogP contribution in [-0.2, 0) is 4.79 Å². The van der Waals surface area contributed by atoms with Gasteiger partial charge in [0.25, 0.3) is 0 Å². The van der Waals surface area contributed by atoms with Crippen molar-refractivity contribution in [2.45, 2.75) is 11.3 Å². The summed E-state index contributed by atoms with van der Waals surface area (Å²) in [6.45, 7) is 0. The van der Waals surface area contributed by atoms with E-state index in [0.29, 0.717) is 12.1 Å². The van der Waals surface area contributed by atoms with E-state index in [0.717, 1.165) is 10.6 Å². The van der Waals surface area contributed by atoms with E-state index >= 15 is 0 Å². The number of thioether (sulfide) groups is 1. The molecule has 0 spiro atoms. The van der Waals surface area contributed by atoms with Crippen LogP contribution in [0.25, 0.3) is 0 Å². The van der Waals surface area contributed by atoms with E-state index in [1.54, 1.807) is 18.2 Å². The number of phenols is 1. The minimum Gasteiger partial charge on any atom is -0.507 e. The quantitative estimate of drug-likeness (QED) is 0.664. The number of fused-ring (bicyclic) bond motifs is 1. The summed E-state index contributed by atoms with van der Waals surface area (Å²) in [5.41, 5.74) is 0.715. The van der Waals surface area contributed by atoms with Crippen LogP contribution in [0.4, 0.5) is 5.69 Å². The van der Waals surface area contributed by atoms with Gasteiger partial charge in [0.15, 0.2) is 0 Å². The van der Waals surface area contributed by atoms with Crippen molar-refractivity contribution in [1.82, 2.24) is 0 Å². The number of anilines is 1. The molecule has 1 aromatic carbocycles. The molecule has 13 heavy (non-hydrogen) atoms. The smallest absolute Gasteiger partial charge is 0.225 e. The first-order valence-electron chi connectivity index (χ1n) is 4.02. The average Bonchev–Trinajstić information content (AvgIpc) is 2.27. The van der Waals surface area contributed by atoms with Gasteiger partial charge >= 0.3 is 0 Å². The van der Waals surface area contributed by atoms with Crippen LogP contribution < -0.4 is 5.32 Å². The predicted molar refractivity (Wildman–Crippen MR) is 52.1 cm³/mol. The molecule has 0 radical (unpaired) electrons. The van der Waals surface area contributed by atoms with Crippen LogP contribution in [0.3, 0.4) is 0 Å². The first kappa shape index (κ1) is 8.44. The van der Waals surface area contributed by atoms with Crippen LogP contribution in [-0.4, -0.2) is 16.8 Å².